The molecule has 0 aliphatic rings. The maximum atomic E-state index is 12.6. The largest absolute Gasteiger partial charge is 0.433 e. The van der Waals surface area contributed by atoms with Crippen molar-refractivity contribution in [2.45, 2.75) is 19.7 Å². The smallest absolute Gasteiger partial charge is 0.418 e. The topological polar surface area (TPSA) is 26.3 Å². The molecule has 0 radical (unpaired) electrons. The number of ketones is 1. The summed E-state index contributed by atoms with van der Waals surface area (Å²) in [4.78, 5) is 11.0. The van der Waals surface area contributed by atoms with Crippen molar-refractivity contribution in [3.63, 3.8) is 0 Å². The molecule has 0 saturated carbocycles. The van der Waals surface area contributed by atoms with Gasteiger partial charge in [0, 0.05) is 5.56 Å². The number of carbonyl (C=O) groups is 1. The molecule has 0 amide bonds. The van der Waals surface area contributed by atoms with Gasteiger partial charge in [-0.05, 0) is 19.1 Å². The zero-order valence-electron chi connectivity index (χ0n) is 8.82. The Labute approximate surface area is 103 Å². The summed E-state index contributed by atoms with van der Waals surface area (Å²) < 4.78 is 65.6. The summed E-state index contributed by atoms with van der Waals surface area (Å²) in [5.74, 6) is -1.61. The van der Waals surface area contributed by atoms with E-state index in [2.05, 4.69) is 4.74 Å². The molecule has 100 valence electrons. The number of carbonyl (C=O) groups excluding carboxylic acids is 1. The van der Waals surface area contributed by atoms with Crippen molar-refractivity contribution in [2.75, 3.05) is 0 Å². The van der Waals surface area contributed by atoms with Crippen LogP contribution >= 0.6 is 11.6 Å². The number of ether oxygens (including phenoxy) is 1. The van der Waals surface area contributed by atoms with E-state index in [1.165, 1.54) is 0 Å². The Kier molecular flexibility index (Phi) is 4.16. The van der Waals surface area contributed by atoms with Gasteiger partial charge in [-0.1, -0.05) is 11.6 Å². The Morgan fingerprint density at radius 3 is 2.28 bits per heavy atom. The highest BCUT2D eigenvalue weighted by atomic mass is 35.5. The van der Waals surface area contributed by atoms with Crippen LogP contribution in [0.15, 0.2) is 12.1 Å². The average molecular weight is 289 g/mol. The number of benzene rings is 1. The van der Waals surface area contributed by atoms with Crippen LogP contribution in [-0.4, -0.2) is 12.4 Å². The minimum atomic E-state index is -4.87. The van der Waals surface area contributed by atoms with Crippen LogP contribution in [0.1, 0.15) is 22.8 Å². The number of Topliss-reactive ketones (excluding diaryl/α,β-unsaturated/α-hetero) is 1. The Bertz CT molecular complexity index is 470. The lowest BCUT2D eigenvalue weighted by Gasteiger charge is -2.14. The third kappa shape index (κ3) is 3.32. The van der Waals surface area contributed by atoms with Gasteiger partial charge in [0.15, 0.2) is 5.78 Å². The summed E-state index contributed by atoms with van der Waals surface area (Å²) in [6.07, 6.45) is -4.87. The molecule has 0 aliphatic heterocycles. The van der Waals surface area contributed by atoms with Gasteiger partial charge in [-0.15, -0.1) is 0 Å². The van der Waals surface area contributed by atoms with E-state index < -0.39 is 40.5 Å². The molecular weight excluding hydrogens is 283 g/mol. The van der Waals surface area contributed by atoms with E-state index in [0.717, 1.165) is 13.0 Å². The summed E-state index contributed by atoms with van der Waals surface area (Å²) in [6.45, 7) is -2.35. The zero-order valence-corrected chi connectivity index (χ0v) is 9.57. The summed E-state index contributed by atoms with van der Waals surface area (Å²) >= 11 is 5.32. The van der Waals surface area contributed by atoms with Crippen molar-refractivity contribution >= 4 is 17.4 Å². The van der Waals surface area contributed by atoms with Crippen LogP contribution in [0.2, 0.25) is 5.02 Å². The molecule has 0 aromatic heterocycles. The molecule has 0 bridgehead atoms. The van der Waals surface area contributed by atoms with Gasteiger partial charge in [0.2, 0.25) is 0 Å². The molecule has 0 aliphatic carbocycles. The van der Waals surface area contributed by atoms with Crippen LogP contribution in [0, 0.1) is 0 Å². The molecule has 1 rings (SSSR count). The van der Waals surface area contributed by atoms with Crippen molar-refractivity contribution in [1.29, 1.82) is 0 Å². The predicted octanol–water partition coefficient (Wildman–Crippen LogP) is 4.16. The first-order chi connectivity index (χ1) is 8.12. The van der Waals surface area contributed by atoms with Crippen molar-refractivity contribution in [2.24, 2.45) is 0 Å². The van der Waals surface area contributed by atoms with Crippen LogP contribution in [0.25, 0.3) is 0 Å². The molecular formula is C10H6ClF5O2. The highest BCUT2D eigenvalue weighted by Gasteiger charge is 2.35. The van der Waals surface area contributed by atoms with Crippen LogP contribution in [0.5, 0.6) is 5.75 Å². The van der Waals surface area contributed by atoms with Gasteiger partial charge < -0.3 is 4.74 Å². The maximum absolute atomic E-state index is 12.6. The second-order valence-electron chi connectivity index (χ2n) is 3.27. The van der Waals surface area contributed by atoms with E-state index >= 15 is 0 Å². The van der Waals surface area contributed by atoms with Gasteiger partial charge in [0.05, 0.1) is 10.6 Å². The van der Waals surface area contributed by atoms with Crippen LogP contribution in [0.4, 0.5) is 22.0 Å². The maximum Gasteiger partial charge on any atom is 0.418 e. The highest BCUT2D eigenvalue weighted by molar-refractivity contribution is 6.33. The van der Waals surface area contributed by atoms with E-state index in [9.17, 15) is 26.7 Å². The molecule has 0 saturated heterocycles. The molecule has 0 spiro atoms. The van der Waals surface area contributed by atoms with Gasteiger partial charge in [0.25, 0.3) is 0 Å². The molecule has 1 aromatic rings. The van der Waals surface area contributed by atoms with E-state index in [1.807, 2.05) is 0 Å². The highest BCUT2D eigenvalue weighted by Crippen LogP contribution is 2.40. The Hall–Kier alpha value is -1.37. The lowest BCUT2D eigenvalue weighted by molar-refractivity contribution is -0.137. The van der Waals surface area contributed by atoms with Gasteiger partial charge in [-0.2, -0.15) is 22.0 Å². The molecule has 0 fully saturated rings. The van der Waals surface area contributed by atoms with Crippen molar-refractivity contribution in [3.8, 4) is 5.75 Å². The first-order valence-electron chi connectivity index (χ1n) is 4.49. The first-order valence-corrected chi connectivity index (χ1v) is 4.87. The van der Waals surface area contributed by atoms with Crippen LogP contribution in [0.3, 0.4) is 0 Å². The Morgan fingerprint density at radius 1 is 1.33 bits per heavy atom. The van der Waals surface area contributed by atoms with E-state index in [0.29, 0.717) is 6.07 Å². The molecule has 0 N–H and O–H groups in total. The SMILES string of the molecule is CC(=O)c1cc(OC(F)F)c(Cl)c(C(F)(F)F)c1. The molecule has 1 aromatic carbocycles. The lowest BCUT2D eigenvalue weighted by Crippen LogP contribution is -2.11. The number of hydrogen-bond acceptors (Lipinski definition) is 2. The molecule has 0 unspecified atom stereocenters. The monoisotopic (exact) mass is 288 g/mol. The molecule has 18 heavy (non-hydrogen) atoms. The Morgan fingerprint density at radius 2 is 1.89 bits per heavy atom. The lowest BCUT2D eigenvalue weighted by atomic mass is 10.1. The third-order valence-electron chi connectivity index (χ3n) is 1.97. The average Bonchev–Trinajstić information content (AvgIpc) is 2.18. The molecule has 0 heterocycles. The van der Waals surface area contributed by atoms with E-state index in [1.54, 1.807) is 0 Å². The minimum absolute atomic E-state index is 0.414. The molecule has 8 heteroatoms. The fourth-order valence-corrected chi connectivity index (χ4v) is 1.45. The van der Waals surface area contributed by atoms with Gasteiger partial charge in [0.1, 0.15) is 5.75 Å². The quantitative estimate of drug-likeness (QED) is 0.616. The summed E-state index contributed by atoms with van der Waals surface area (Å²) in [5.41, 5.74) is -1.81. The standard InChI is InChI=1S/C10H6ClF5O2/c1-4(17)5-2-6(10(14,15)16)8(11)7(3-5)18-9(12)13/h2-3,9H,1H3. The van der Waals surface area contributed by atoms with Crippen molar-refractivity contribution in [3.05, 3.63) is 28.3 Å². The number of hydrogen-bond donors (Lipinski definition) is 0. The third-order valence-corrected chi connectivity index (χ3v) is 2.36. The van der Waals surface area contributed by atoms with Crippen LogP contribution in [-0.2, 0) is 6.18 Å². The van der Waals surface area contributed by atoms with Gasteiger partial charge in [-0.25, -0.2) is 0 Å². The minimum Gasteiger partial charge on any atom is -0.433 e. The normalized spacial score (nSPS) is 11.8. The van der Waals surface area contributed by atoms with Crippen LogP contribution < -0.4 is 4.74 Å². The fourth-order valence-electron chi connectivity index (χ4n) is 1.19. The number of halogens is 6. The summed E-state index contributed by atoms with van der Waals surface area (Å²) in [6, 6.07) is 1.23. The van der Waals surface area contributed by atoms with Gasteiger partial charge >= 0.3 is 12.8 Å². The summed E-state index contributed by atoms with van der Waals surface area (Å²) in [5, 5.41) is -1.01. The zero-order chi connectivity index (χ0) is 14.1. The predicted molar refractivity (Wildman–Crippen MR) is 53.1 cm³/mol. The fraction of sp³-hybridized carbons (Fsp3) is 0.300. The number of rotatable bonds is 3. The van der Waals surface area contributed by atoms with Gasteiger partial charge in [-0.3, -0.25) is 4.79 Å². The number of alkyl halides is 5. The first kappa shape index (κ1) is 14.7. The second-order valence-corrected chi connectivity index (χ2v) is 3.65. The van der Waals surface area contributed by atoms with Crippen molar-refractivity contribution < 1.29 is 31.5 Å². The Balaban J connectivity index is 3.43. The molecule has 2 nitrogen and oxygen atoms in total. The second kappa shape index (κ2) is 5.09. The molecule has 0 atom stereocenters. The van der Waals surface area contributed by atoms with E-state index in [-0.39, 0.29) is 0 Å². The summed E-state index contributed by atoms with van der Waals surface area (Å²) in [7, 11) is 0. The van der Waals surface area contributed by atoms with E-state index in [4.69, 9.17) is 11.6 Å². The van der Waals surface area contributed by atoms with Crippen molar-refractivity contribution in [1.82, 2.24) is 0 Å².